The van der Waals surface area contributed by atoms with Gasteiger partial charge in [0.05, 0.1) is 6.61 Å². The minimum atomic E-state index is -0.508. The van der Waals surface area contributed by atoms with Crippen LogP contribution in [0.25, 0.3) is 0 Å². The average Bonchev–Trinajstić information content (AvgIpc) is 2.91. The Kier molecular flexibility index (Phi) is 5.35. The van der Waals surface area contributed by atoms with Crippen molar-refractivity contribution in [3.63, 3.8) is 0 Å². The smallest absolute Gasteiger partial charge is 0.407 e. The van der Waals surface area contributed by atoms with Gasteiger partial charge in [-0.15, -0.1) is 0 Å². The number of nitrogens with zero attached hydrogens (tertiary/aromatic N) is 2. The first-order chi connectivity index (χ1) is 11.0. The lowest BCUT2D eigenvalue weighted by atomic mass is 10.1. The van der Waals surface area contributed by atoms with E-state index in [9.17, 15) is 9.59 Å². The van der Waals surface area contributed by atoms with Crippen LogP contribution < -0.4 is 10.6 Å². The number of imidazole rings is 1. The fourth-order valence-corrected chi connectivity index (χ4v) is 2.21. The summed E-state index contributed by atoms with van der Waals surface area (Å²) >= 11 is 0. The predicted octanol–water partition coefficient (Wildman–Crippen LogP) is 2.21. The maximum Gasteiger partial charge on any atom is 0.407 e. The summed E-state index contributed by atoms with van der Waals surface area (Å²) in [5.74, 6) is 0.549. The molecule has 0 radical (unpaired) electrons. The third-order valence-electron chi connectivity index (χ3n) is 3.22. The molecule has 0 aliphatic rings. The molecule has 0 spiro atoms. The number of carbonyl (C=O) groups excluding carboxylic acids is 2. The van der Waals surface area contributed by atoms with E-state index in [-0.39, 0.29) is 5.91 Å². The van der Waals surface area contributed by atoms with E-state index in [0.29, 0.717) is 18.1 Å². The van der Waals surface area contributed by atoms with Gasteiger partial charge >= 0.3 is 6.09 Å². The molecule has 1 heterocycles. The van der Waals surface area contributed by atoms with E-state index in [1.807, 2.05) is 23.7 Å². The lowest BCUT2D eigenvalue weighted by Crippen LogP contribution is -2.31. The molecule has 2 rings (SSSR count). The van der Waals surface area contributed by atoms with Crippen molar-refractivity contribution < 1.29 is 14.3 Å². The zero-order chi connectivity index (χ0) is 16.8. The Morgan fingerprint density at radius 2 is 2.00 bits per heavy atom. The Labute approximate surface area is 134 Å². The van der Waals surface area contributed by atoms with Gasteiger partial charge in [-0.25, -0.2) is 9.78 Å². The third kappa shape index (κ3) is 4.32. The number of aryl methyl sites for hydroxylation is 1. The molecule has 2 aromatic rings. The third-order valence-corrected chi connectivity index (χ3v) is 3.22. The first-order valence-electron chi connectivity index (χ1n) is 7.29. The number of aromatic nitrogens is 2. The standard InChI is InChI=1S/C16H20N4O3/c1-4-23-16(22)19-14(15-17-9-10-20(15)3)12-5-7-13(8-6-12)18-11(2)21/h5-10,14H,4H2,1-3H3,(H,18,21)(H,19,22). The summed E-state index contributed by atoms with van der Waals surface area (Å²) in [4.78, 5) is 27.2. The van der Waals surface area contributed by atoms with Crippen LogP contribution in [0.1, 0.15) is 31.3 Å². The van der Waals surface area contributed by atoms with E-state index in [2.05, 4.69) is 15.6 Å². The molecule has 0 aliphatic carbocycles. The van der Waals surface area contributed by atoms with Crippen molar-refractivity contribution >= 4 is 17.7 Å². The number of amides is 2. The number of nitrogens with one attached hydrogen (secondary N) is 2. The van der Waals surface area contributed by atoms with Gasteiger partial charge < -0.3 is 19.9 Å². The Balaban J connectivity index is 2.28. The normalized spacial score (nSPS) is 11.6. The molecule has 7 nitrogen and oxygen atoms in total. The van der Waals surface area contributed by atoms with Crippen molar-refractivity contribution in [1.29, 1.82) is 0 Å². The van der Waals surface area contributed by atoms with Crippen molar-refractivity contribution in [1.82, 2.24) is 14.9 Å². The highest BCUT2D eigenvalue weighted by Crippen LogP contribution is 2.22. The first-order valence-corrected chi connectivity index (χ1v) is 7.29. The van der Waals surface area contributed by atoms with Crippen LogP contribution in [-0.4, -0.2) is 28.2 Å². The van der Waals surface area contributed by atoms with Gasteiger partial charge in [0.2, 0.25) is 5.91 Å². The molecule has 0 bridgehead atoms. The Morgan fingerprint density at radius 1 is 1.30 bits per heavy atom. The number of hydrogen-bond acceptors (Lipinski definition) is 4. The number of carbonyl (C=O) groups is 2. The van der Waals surface area contributed by atoms with Crippen LogP contribution in [0.2, 0.25) is 0 Å². The monoisotopic (exact) mass is 316 g/mol. The second kappa shape index (κ2) is 7.44. The van der Waals surface area contributed by atoms with E-state index < -0.39 is 12.1 Å². The molecule has 0 fully saturated rings. The molecular formula is C16H20N4O3. The van der Waals surface area contributed by atoms with E-state index in [1.54, 1.807) is 31.5 Å². The van der Waals surface area contributed by atoms with Crippen LogP contribution in [0.15, 0.2) is 36.7 Å². The minimum absolute atomic E-state index is 0.136. The molecule has 2 N–H and O–H groups in total. The molecule has 1 aromatic carbocycles. The van der Waals surface area contributed by atoms with Crippen molar-refractivity contribution in [3.8, 4) is 0 Å². The zero-order valence-corrected chi connectivity index (χ0v) is 13.4. The predicted molar refractivity (Wildman–Crippen MR) is 86.0 cm³/mol. The zero-order valence-electron chi connectivity index (χ0n) is 13.4. The molecule has 0 saturated carbocycles. The summed E-state index contributed by atoms with van der Waals surface area (Å²) in [6.07, 6.45) is 2.97. The summed E-state index contributed by atoms with van der Waals surface area (Å²) in [6, 6.07) is 6.77. The van der Waals surface area contributed by atoms with E-state index >= 15 is 0 Å². The highest BCUT2D eigenvalue weighted by Gasteiger charge is 2.21. The number of benzene rings is 1. The van der Waals surface area contributed by atoms with Gasteiger partial charge in [0.1, 0.15) is 11.9 Å². The maximum atomic E-state index is 11.8. The van der Waals surface area contributed by atoms with Gasteiger partial charge in [-0.3, -0.25) is 4.79 Å². The van der Waals surface area contributed by atoms with Crippen molar-refractivity contribution in [2.24, 2.45) is 7.05 Å². The van der Waals surface area contributed by atoms with Crippen LogP contribution in [-0.2, 0) is 16.6 Å². The Bertz CT molecular complexity index is 679. The number of alkyl carbamates (subject to hydrolysis) is 1. The lowest BCUT2D eigenvalue weighted by Gasteiger charge is -2.19. The van der Waals surface area contributed by atoms with Crippen LogP contribution >= 0.6 is 0 Å². The van der Waals surface area contributed by atoms with Crippen LogP contribution in [0.3, 0.4) is 0 Å². The molecule has 7 heteroatoms. The fraction of sp³-hybridized carbons (Fsp3) is 0.312. The fourth-order valence-electron chi connectivity index (χ4n) is 2.21. The molecule has 122 valence electrons. The second-order valence-electron chi connectivity index (χ2n) is 5.00. The van der Waals surface area contributed by atoms with E-state index in [0.717, 1.165) is 5.56 Å². The molecule has 0 saturated heterocycles. The summed E-state index contributed by atoms with van der Waals surface area (Å²) in [6.45, 7) is 3.49. The van der Waals surface area contributed by atoms with Crippen molar-refractivity contribution in [2.75, 3.05) is 11.9 Å². The van der Waals surface area contributed by atoms with Crippen LogP contribution in [0, 0.1) is 0 Å². The van der Waals surface area contributed by atoms with Gasteiger partial charge in [-0.1, -0.05) is 12.1 Å². The van der Waals surface area contributed by atoms with Crippen LogP contribution in [0.5, 0.6) is 0 Å². The van der Waals surface area contributed by atoms with Gasteiger partial charge in [0.25, 0.3) is 0 Å². The van der Waals surface area contributed by atoms with Crippen molar-refractivity contribution in [2.45, 2.75) is 19.9 Å². The van der Waals surface area contributed by atoms with Gasteiger partial charge in [0.15, 0.2) is 0 Å². The molecule has 1 aromatic heterocycles. The highest BCUT2D eigenvalue weighted by atomic mass is 16.5. The Hall–Kier alpha value is -2.83. The van der Waals surface area contributed by atoms with E-state index in [4.69, 9.17) is 4.74 Å². The van der Waals surface area contributed by atoms with Gasteiger partial charge in [0, 0.05) is 32.1 Å². The van der Waals surface area contributed by atoms with Gasteiger partial charge in [-0.2, -0.15) is 0 Å². The highest BCUT2D eigenvalue weighted by molar-refractivity contribution is 5.88. The summed E-state index contributed by atoms with van der Waals surface area (Å²) in [5.41, 5.74) is 1.53. The Morgan fingerprint density at radius 3 is 2.52 bits per heavy atom. The summed E-state index contributed by atoms with van der Waals surface area (Å²) in [7, 11) is 1.86. The average molecular weight is 316 g/mol. The molecular weight excluding hydrogens is 296 g/mol. The maximum absolute atomic E-state index is 11.8. The van der Waals surface area contributed by atoms with Gasteiger partial charge in [-0.05, 0) is 24.6 Å². The van der Waals surface area contributed by atoms with Crippen LogP contribution in [0.4, 0.5) is 10.5 Å². The molecule has 0 aliphatic heterocycles. The topological polar surface area (TPSA) is 85.2 Å². The minimum Gasteiger partial charge on any atom is -0.450 e. The van der Waals surface area contributed by atoms with E-state index in [1.165, 1.54) is 6.92 Å². The molecule has 1 unspecified atom stereocenters. The molecule has 2 amide bonds. The largest absolute Gasteiger partial charge is 0.450 e. The summed E-state index contributed by atoms with van der Waals surface area (Å²) < 4.78 is 6.80. The number of hydrogen-bond donors (Lipinski definition) is 2. The molecule has 1 atom stereocenters. The SMILES string of the molecule is CCOC(=O)NC(c1ccc(NC(C)=O)cc1)c1nccn1C. The molecule has 23 heavy (non-hydrogen) atoms. The second-order valence-corrected chi connectivity index (χ2v) is 5.00. The lowest BCUT2D eigenvalue weighted by molar-refractivity contribution is -0.114. The number of ether oxygens (including phenoxy) is 1. The summed E-state index contributed by atoms with van der Waals surface area (Å²) in [5, 5.41) is 5.51. The van der Waals surface area contributed by atoms with Crippen molar-refractivity contribution in [3.05, 3.63) is 48.0 Å². The number of anilines is 1. The first kappa shape index (κ1) is 16.5. The number of rotatable bonds is 5. The quantitative estimate of drug-likeness (QED) is 0.885.